The van der Waals surface area contributed by atoms with Crippen LogP contribution in [0.2, 0.25) is 5.02 Å². The number of hydrogen-bond acceptors (Lipinski definition) is 2. The van der Waals surface area contributed by atoms with E-state index in [1.165, 1.54) is 18.2 Å². The van der Waals surface area contributed by atoms with Crippen molar-refractivity contribution >= 4 is 22.9 Å². The molecule has 84 valence electrons. The molecule has 0 saturated heterocycles. The van der Waals surface area contributed by atoms with E-state index >= 15 is 0 Å². The molecule has 2 rings (SSSR count). The molecule has 0 aliphatic carbocycles. The molecule has 0 spiro atoms. The van der Waals surface area contributed by atoms with Crippen molar-refractivity contribution in [2.24, 2.45) is 0 Å². The lowest BCUT2D eigenvalue weighted by molar-refractivity contribution is 0.220. The van der Waals surface area contributed by atoms with E-state index in [0.717, 1.165) is 10.4 Å². The summed E-state index contributed by atoms with van der Waals surface area (Å²) in [5, 5.41) is 12.3. The van der Waals surface area contributed by atoms with Crippen LogP contribution in [0.1, 0.15) is 22.1 Å². The average Bonchev–Trinajstić information content (AvgIpc) is 2.63. The number of aryl methyl sites for hydroxylation is 1. The summed E-state index contributed by atoms with van der Waals surface area (Å²) < 4.78 is 12.9. The summed E-state index contributed by atoms with van der Waals surface area (Å²) in [5.41, 5.74) is 1.35. The van der Waals surface area contributed by atoms with E-state index in [4.69, 9.17) is 11.6 Å². The van der Waals surface area contributed by atoms with Gasteiger partial charge in [0.25, 0.3) is 0 Å². The average molecular weight is 257 g/mol. The van der Waals surface area contributed by atoms with Gasteiger partial charge in [0, 0.05) is 15.5 Å². The third kappa shape index (κ3) is 2.12. The van der Waals surface area contributed by atoms with Crippen molar-refractivity contribution in [3.8, 4) is 0 Å². The van der Waals surface area contributed by atoms with Gasteiger partial charge in [-0.25, -0.2) is 4.39 Å². The molecule has 4 heteroatoms. The first-order valence-corrected chi connectivity index (χ1v) is 6.02. The van der Waals surface area contributed by atoms with Gasteiger partial charge in [0.2, 0.25) is 0 Å². The van der Waals surface area contributed by atoms with Crippen LogP contribution in [0, 0.1) is 12.7 Å². The molecule has 1 nitrogen and oxygen atoms in total. The first-order valence-electron chi connectivity index (χ1n) is 4.76. The Morgan fingerprint density at radius 1 is 1.31 bits per heavy atom. The first-order chi connectivity index (χ1) is 7.59. The zero-order valence-corrected chi connectivity index (χ0v) is 10.1. The van der Waals surface area contributed by atoms with E-state index in [1.807, 2.05) is 18.4 Å². The highest BCUT2D eigenvalue weighted by Gasteiger charge is 2.16. The molecule has 0 aliphatic rings. The third-order valence-electron chi connectivity index (χ3n) is 2.45. The van der Waals surface area contributed by atoms with Crippen molar-refractivity contribution in [3.05, 3.63) is 56.5 Å². The first kappa shape index (κ1) is 11.6. The van der Waals surface area contributed by atoms with Crippen LogP contribution in [0.15, 0.2) is 29.6 Å². The highest BCUT2D eigenvalue weighted by atomic mass is 35.5. The van der Waals surface area contributed by atoms with Gasteiger partial charge in [-0.1, -0.05) is 17.7 Å². The topological polar surface area (TPSA) is 20.2 Å². The maximum absolute atomic E-state index is 12.9. The largest absolute Gasteiger partial charge is 0.384 e. The second kappa shape index (κ2) is 4.53. The molecular weight excluding hydrogens is 247 g/mol. The second-order valence-corrected chi connectivity index (χ2v) is 5.03. The Morgan fingerprint density at radius 2 is 2.06 bits per heavy atom. The van der Waals surface area contributed by atoms with E-state index in [2.05, 4.69) is 0 Å². The van der Waals surface area contributed by atoms with Gasteiger partial charge in [0.1, 0.15) is 11.9 Å². The normalized spacial score (nSPS) is 12.8. The van der Waals surface area contributed by atoms with Gasteiger partial charge in [-0.15, -0.1) is 11.3 Å². The fourth-order valence-electron chi connectivity index (χ4n) is 1.57. The van der Waals surface area contributed by atoms with Gasteiger partial charge < -0.3 is 5.11 Å². The number of rotatable bonds is 2. The van der Waals surface area contributed by atoms with Gasteiger partial charge in [0.15, 0.2) is 0 Å². The molecule has 0 saturated carbocycles. The monoisotopic (exact) mass is 256 g/mol. The fourth-order valence-corrected chi connectivity index (χ4v) is 2.57. The van der Waals surface area contributed by atoms with Gasteiger partial charge in [-0.3, -0.25) is 0 Å². The smallest absolute Gasteiger partial charge is 0.124 e. The van der Waals surface area contributed by atoms with Crippen molar-refractivity contribution in [2.45, 2.75) is 13.0 Å². The van der Waals surface area contributed by atoms with Crippen LogP contribution < -0.4 is 0 Å². The number of aliphatic hydroxyl groups excluding tert-OH is 1. The fraction of sp³-hybridized carbons (Fsp3) is 0.167. The van der Waals surface area contributed by atoms with Gasteiger partial charge in [-0.2, -0.15) is 0 Å². The lowest BCUT2D eigenvalue weighted by Gasteiger charge is -2.12. The molecule has 1 atom stereocenters. The molecule has 0 bridgehead atoms. The van der Waals surface area contributed by atoms with Crippen LogP contribution >= 0.6 is 22.9 Å². The Morgan fingerprint density at radius 3 is 2.62 bits per heavy atom. The SMILES string of the molecule is Cc1sccc1C(O)c1ccc(F)cc1Cl. The van der Waals surface area contributed by atoms with Crippen LogP contribution in [-0.2, 0) is 0 Å². The van der Waals surface area contributed by atoms with Crippen molar-refractivity contribution < 1.29 is 9.50 Å². The Balaban J connectivity index is 2.41. The minimum atomic E-state index is -0.792. The summed E-state index contributed by atoms with van der Waals surface area (Å²) in [6, 6.07) is 5.87. The molecule has 1 heterocycles. The maximum Gasteiger partial charge on any atom is 0.124 e. The summed E-state index contributed by atoms with van der Waals surface area (Å²) in [4.78, 5) is 1.04. The molecule has 2 aromatic rings. The summed E-state index contributed by atoms with van der Waals surface area (Å²) in [5.74, 6) is -0.400. The lowest BCUT2D eigenvalue weighted by atomic mass is 10.0. The summed E-state index contributed by atoms with van der Waals surface area (Å²) in [7, 11) is 0. The molecule has 1 N–H and O–H groups in total. The van der Waals surface area contributed by atoms with E-state index in [0.29, 0.717) is 5.56 Å². The Labute approximate surface area is 102 Å². The minimum absolute atomic E-state index is 0.248. The van der Waals surface area contributed by atoms with Crippen LogP contribution in [-0.4, -0.2) is 5.11 Å². The van der Waals surface area contributed by atoms with Crippen LogP contribution in [0.5, 0.6) is 0 Å². The van der Waals surface area contributed by atoms with E-state index in [9.17, 15) is 9.50 Å². The lowest BCUT2D eigenvalue weighted by Crippen LogP contribution is -2.00. The van der Waals surface area contributed by atoms with Crippen LogP contribution in [0.3, 0.4) is 0 Å². The van der Waals surface area contributed by atoms with Gasteiger partial charge >= 0.3 is 0 Å². The van der Waals surface area contributed by atoms with Crippen molar-refractivity contribution in [1.29, 1.82) is 0 Å². The molecule has 1 unspecified atom stereocenters. The minimum Gasteiger partial charge on any atom is -0.384 e. The Bertz CT molecular complexity index is 509. The van der Waals surface area contributed by atoms with Gasteiger partial charge in [-0.05, 0) is 36.1 Å². The Kier molecular flexibility index (Phi) is 3.28. The molecule has 0 fully saturated rings. The summed E-state index contributed by atoms with van der Waals surface area (Å²) in [6.45, 7) is 1.93. The third-order valence-corrected chi connectivity index (χ3v) is 3.64. The second-order valence-electron chi connectivity index (χ2n) is 3.50. The summed E-state index contributed by atoms with van der Waals surface area (Å²) in [6.07, 6.45) is -0.792. The van der Waals surface area contributed by atoms with Crippen molar-refractivity contribution in [3.63, 3.8) is 0 Å². The van der Waals surface area contributed by atoms with Crippen LogP contribution in [0.25, 0.3) is 0 Å². The van der Waals surface area contributed by atoms with Crippen molar-refractivity contribution in [1.82, 2.24) is 0 Å². The predicted molar refractivity (Wildman–Crippen MR) is 64.5 cm³/mol. The number of benzene rings is 1. The quantitative estimate of drug-likeness (QED) is 0.863. The maximum atomic E-state index is 12.9. The molecule has 0 aliphatic heterocycles. The highest BCUT2D eigenvalue weighted by Crippen LogP contribution is 2.32. The number of thiophene rings is 1. The molecule has 1 aromatic carbocycles. The van der Waals surface area contributed by atoms with E-state index in [-0.39, 0.29) is 5.02 Å². The molecule has 0 radical (unpaired) electrons. The standard InChI is InChI=1S/C12H10ClFOS/c1-7-9(4-5-16-7)12(15)10-3-2-8(14)6-11(10)13/h2-6,12,15H,1H3. The highest BCUT2D eigenvalue weighted by molar-refractivity contribution is 7.10. The molecular formula is C12H10ClFOS. The predicted octanol–water partition coefficient (Wildman–Crippen LogP) is 3.93. The van der Waals surface area contributed by atoms with Crippen LogP contribution in [0.4, 0.5) is 4.39 Å². The van der Waals surface area contributed by atoms with E-state index in [1.54, 1.807) is 11.3 Å². The van der Waals surface area contributed by atoms with Crippen molar-refractivity contribution in [2.75, 3.05) is 0 Å². The zero-order chi connectivity index (χ0) is 11.7. The number of halogens is 2. The number of hydrogen-bond donors (Lipinski definition) is 1. The number of aliphatic hydroxyl groups is 1. The zero-order valence-electron chi connectivity index (χ0n) is 8.58. The molecule has 16 heavy (non-hydrogen) atoms. The molecule has 0 amide bonds. The summed E-state index contributed by atoms with van der Waals surface area (Å²) >= 11 is 7.46. The van der Waals surface area contributed by atoms with E-state index < -0.39 is 11.9 Å². The molecule has 1 aromatic heterocycles. The Hall–Kier alpha value is -0.900. The van der Waals surface area contributed by atoms with Gasteiger partial charge in [0.05, 0.1) is 0 Å².